The summed E-state index contributed by atoms with van der Waals surface area (Å²) in [4.78, 5) is 24.2. The van der Waals surface area contributed by atoms with Gasteiger partial charge < -0.3 is 24.1 Å². The molecule has 2 saturated heterocycles. The molecule has 9 nitrogen and oxygen atoms in total. The van der Waals surface area contributed by atoms with E-state index >= 15 is 0 Å². The van der Waals surface area contributed by atoms with E-state index in [4.69, 9.17) is 45.5 Å². The highest BCUT2D eigenvalue weighted by atomic mass is 127. The Labute approximate surface area is 397 Å². The predicted octanol–water partition coefficient (Wildman–Crippen LogP) is -2.48. The highest BCUT2D eigenvalue weighted by molar-refractivity contribution is 7.81. The Hall–Kier alpha value is -2.75. The van der Waals surface area contributed by atoms with Gasteiger partial charge in [0.1, 0.15) is 6.73 Å². The first-order valence-corrected chi connectivity index (χ1v) is 23.9. The van der Waals surface area contributed by atoms with Crippen molar-refractivity contribution in [2.45, 2.75) is 25.7 Å². The van der Waals surface area contributed by atoms with Crippen LogP contribution in [0.5, 0.6) is 0 Å². The molecule has 0 spiro atoms. The van der Waals surface area contributed by atoms with Crippen molar-refractivity contribution in [3.05, 3.63) is 136 Å². The van der Waals surface area contributed by atoms with E-state index < -0.39 is 30.2 Å². The van der Waals surface area contributed by atoms with E-state index in [2.05, 4.69) is 131 Å². The molecule has 4 aromatic rings. The van der Waals surface area contributed by atoms with Gasteiger partial charge in [-0.2, -0.15) is 17.6 Å². The second kappa shape index (κ2) is 34.6. The lowest BCUT2D eigenvalue weighted by Gasteiger charge is -2.26. The Bertz CT molecular complexity index is 1590. The molecule has 2 aliphatic rings. The summed E-state index contributed by atoms with van der Waals surface area (Å²) in [6, 6.07) is 42.8. The molecule has 327 valence electrons. The monoisotopic (exact) mass is 1090 g/mol. The summed E-state index contributed by atoms with van der Waals surface area (Å²) in [7, 11) is 22.5. The summed E-state index contributed by atoms with van der Waals surface area (Å²) in [5.41, 5.74) is 0. The Morgan fingerprint density at radius 2 is 0.968 bits per heavy atom. The number of carbonyl (C=O) groups excluding carboxylic acids is 2. The Morgan fingerprint density at radius 1 is 0.651 bits per heavy atom. The van der Waals surface area contributed by atoms with E-state index in [-0.39, 0.29) is 62.3 Å². The van der Waals surface area contributed by atoms with E-state index in [1.54, 1.807) is 4.90 Å². The van der Waals surface area contributed by atoms with Gasteiger partial charge in [0.05, 0.1) is 40.3 Å². The third kappa shape index (κ3) is 30.2. The van der Waals surface area contributed by atoms with Crippen LogP contribution >= 0.6 is 0 Å². The van der Waals surface area contributed by atoms with Gasteiger partial charge in [-0.3, -0.25) is 9.80 Å². The number of ether oxygens (including phenoxy) is 4. The van der Waals surface area contributed by atoms with Crippen molar-refractivity contribution in [3.8, 4) is 0 Å². The zero-order chi connectivity index (χ0) is 46.9. The summed E-state index contributed by atoms with van der Waals surface area (Å²) < 4.78 is 72.1. The molecule has 4 aromatic carbocycles. The lowest BCUT2D eigenvalue weighted by atomic mass is 8.76. The van der Waals surface area contributed by atoms with Crippen molar-refractivity contribution in [2.24, 2.45) is 0 Å². The number of hydrogen-bond acceptors (Lipinski definition) is 9. The SMILES string of the molecule is CC(F)(F)C(=O)OCN1CCOCC1.COC(=O)C(C)(F)F.OCN1CCOCC1.[B][B]B([B])B([B])[B].c1ccc([I+]c2ccccc2)cc1.c1ccc([I+]c2ccccc2)cc1. The van der Waals surface area contributed by atoms with Crippen LogP contribution in [-0.4, -0.2) is 163 Å². The van der Waals surface area contributed by atoms with Crippen LogP contribution in [0.2, 0.25) is 0 Å². The van der Waals surface area contributed by atoms with Crippen LogP contribution in [0.4, 0.5) is 17.6 Å². The van der Waals surface area contributed by atoms with Crippen LogP contribution in [0, 0.1) is 14.3 Å². The molecule has 2 heterocycles. The first-order chi connectivity index (χ1) is 30.0. The van der Waals surface area contributed by atoms with Gasteiger partial charge in [-0.25, -0.2) is 9.59 Å². The molecule has 0 aliphatic carbocycles. The molecule has 63 heavy (non-hydrogen) atoms. The number of morpholine rings is 2. The Morgan fingerprint density at radius 3 is 1.17 bits per heavy atom. The quantitative estimate of drug-likeness (QED) is 0.0760. The van der Waals surface area contributed by atoms with Crippen LogP contribution in [0.15, 0.2) is 121 Å². The van der Waals surface area contributed by atoms with Crippen molar-refractivity contribution >= 4 is 62.7 Å². The molecular weight excluding hydrogens is 1040 g/mol. The molecule has 0 unspecified atom stereocenters. The van der Waals surface area contributed by atoms with Crippen molar-refractivity contribution in [1.82, 2.24) is 9.80 Å². The number of methoxy groups -OCH3 is 1. The van der Waals surface area contributed by atoms with Crippen molar-refractivity contribution in [1.29, 1.82) is 0 Å². The van der Waals surface area contributed by atoms with E-state index in [1.807, 2.05) is 4.90 Å². The van der Waals surface area contributed by atoms with Crippen molar-refractivity contribution < 1.29 is 93.6 Å². The number of nitrogens with zero attached hydrogens (tertiary/aromatic N) is 2. The third-order valence-corrected chi connectivity index (χ3v) is 13.1. The van der Waals surface area contributed by atoms with Crippen molar-refractivity contribution in [3.63, 3.8) is 0 Å². The zero-order valence-corrected chi connectivity index (χ0v) is 40.0. The largest absolute Gasteiger partial charge is 0.465 e. The van der Waals surface area contributed by atoms with Gasteiger partial charge in [-0.1, -0.05) is 72.8 Å². The molecule has 2 fully saturated rings. The Balaban J connectivity index is 0.000000386. The number of halogens is 6. The van der Waals surface area contributed by atoms with Crippen LogP contribution < -0.4 is 42.4 Å². The number of aliphatic hydroxyl groups excluding tert-OH is 1. The summed E-state index contributed by atoms with van der Waals surface area (Å²) >= 11 is 0.0574. The number of hydrogen-bond donors (Lipinski definition) is 1. The molecule has 6 rings (SSSR count). The molecule has 1 N–H and O–H groups in total. The first kappa shape index (κ1) is 58.3. The predicted molar refractivity (Wildman–Crippen MR) is 237 cm³/mol. The molecule has 0 saturated carbocycles. The third-order valence-electron chi connectivity index (χ3n) is 7.72. The van der Waals surface area contributed by atoms with Gasteiger partial charge in [0.25, 0.3) is 0 Å². The highest BCUT2D eigenvalue weighted by Gasteiger charge is 2.35. The maximum Gasteiger partial charge on any atom is 0.377 e. The number of rotatable bonds is 11. The van der Waals surface area contributed by atoms with E-state index in [9.17, 15) is 27.2 Å². The minimum atomic E-state index is -3.41. The van der Waals surface area contributed by atoms with Gasteiger partial charge in [0, 0.05) is 90.8 Å². The van der Waals surface area contributed by atoms with Crippen molar-refractivity contribution in [2.75, 3.05) is 73.2 Å². The summed E-state index contributed by atoms with van der Waals surface area (Å²) in [5, 5.41) is 8.56. The molecule has 0 amide bonds. The van der Waals surface area contributed by atoms with Gasteiger partial charge in [0.2, 0.25) is 0 Å². The number of benzene rings is 4. The topological polar surface area (TPSA) is 97.8 Å². The number of aliphatic hydroxyl groups is 1. The fourth-order valence-corrected chi connectivity index (χ4v) is 8.76. The number of carbonyl (C=O) groups is 2. The summed E-state index contributed by atoms with van der Waals surface area (Å²) in [6.45, 7) is 6.64. The summed E-state index contributed by atoms with van der Waals surface area (Å²) in [6.07, 6.45) is -0.926. The normalized spacial score (nSPS) is 13.6. The minimum Gasteiger partial charge on any atom is -0.465 e. The lowest BCUT2D eigenvalue weighted by Crippen LogP contribution is -3.61. The van der Waals surface area contributed by atoms with Gasteiger partial charge in [-0.15, -0.1) is 0 Å². The maximum atomic E-state index is 12.4. The molecule has 22 heteroatoms. The molecule has 0 atom stereocenters. The molecule has 2 aliphatic heterocycles. The molecular formula is C41H50B7F4I2N2O7+2. The number of alkyl halides is 4. The van der Waals surface area contributed by atoms with Crippen LogP contribution in [-0.2, 0) is 28.5 Å². The van der Waals surface area contributed by atoms with E-state index in [0.29, 0.717) is 40.2 Å². The van der Waals surface area contributed by atoms with Gasteiger partial charge in [0.15, 0.2) is 14.3 Å². The second-order valence-corrected chi connectivity index (χ2v) is 19.2. The zero-order valence-electron chi connectivity index (χ0n) is 35.7. The lowest BCUT2D eigenvalue weighted by molar-refractivity contribution is -0.597. The summed E-state index contributed by atoms with van der Waals surface area (Å²) in [5.74, 6) is -9.75. The van der Waals surface area contributed by atoms with Gasteiger partial charge >= 0.3 is 66.2 Å². The molecule has 9 radical (unpaired) electrons. The van der Waals surface area contributed by atoms with Crippen LogP contribution in [0.3, 0.4) is 0 Å². The number of esters is 2. The maximum absolute atomic E-state index is 12.4. The van der Waals surface area contributed by atoms with E-state index in [1.165, 1.54) is 21.3 Å². The molecule has 0 bridgehead atoms. The highest BCUT2D eigenvalue weighted by Crippen LogP contribution is 2.14. The average molecular weight is 1090 g/mol. The van der Waals surface area contributed by atoms with Crippen LogP contribution in [0.25, 0.3) is 0 Å². The molecule has 0 aromatic heterocycles. The van der Waals surface area contributed by atoms with E-state index in [0.717, 1.165) is 33.4 Å². The first-order valence-electron chi connectivity index (χ1n) is 19.5. The Kier molecular flexibility index (Phi) is 32.0. The standard InChI is InChI=1S/2C12H10I.C8H13F2NO3.C5H11NO2.C4H6F2O2.B7/c2*1-3-7-11(8-4-1)13-12-9-5-2-6-10-12;1-8(9,10)7(12)14-6-11-2-4-13-5-3-11;7-5-6-1-3-8-4-2-6;1-4(5,6)3(7)8-2;1-5-7(4)6(2)3/h2*1-10H;2-6H2,1H3;7H,1-5H2;1-2H3;/q2*+1;;;;. The minimum absolute atomic E-state index is 0.0287. The fraction of sp³-hybridized carbons (Fsp3) is 0.366. The fourth-order valence-electron chi connectivity index (χ4n) is 4.22. The average Bonchev–Trinajstić information content (AvgIpc) is 3.30. The second-order valence-electron chi connectivity index (χ2n) is 13.1. The smallest absolute Gasteiger partial charge is 0.377 e. The van der Waals surface area contributed by atoms with Gasteiger partial charge in [-0.05, 0) is 48.5 Å². The van der Waals surface area contributed by atoms with Crippen LogP contribution in [0.1, 0.15) is 13.8 Å².